The van der Waals surface area contributed by atoms with Crippen molar-refractivity contribution in [3.8, 4) is 0 Å². The first kappa shape index (κ1) is 10.2. The second-order valence-electron chi connectivity index (χ2n) is 3.26. The Hall–Kier alpha value is -0.860. The lowest BCUT2D eigenvalue weighted by molar-refractivity contribution is -0.148. The van der Waals surface area contributed by atoms with E-state index in [-0.39, 0.29) is 11.9 Å². The van der Waals surface area contributed by atoms with Crippen molar-refractivity contribution in [2.45, 2.75) is 32.6 Å². The summed E-state index contributed by atoms with van der Waals surface area (Å²) in [7, 11) is 0. The van der Waals surface area contributed by atoms with E-state index in [4.69, 9.17) is 4.74 Å². The van der Waals surface area contributed by atoms with Crippen LogP contribution in [0.2, 0.25) is 0 Å². The Labute approximate surface area is 79.2 Å². The highest BCUT2D eigenvalue weighted by Gasteiger charge is 2.19. The predicted octanol–water partition coefficient (Wildman–Crippen LogP) is 1.81. The molecule has 13 heavy (non-hydrogen) atoms. The van der Waals surface area contributed by atoms with Gasteiger partial charge >= 0.3 is 5.97 Å². The predicted molar refractivity (Wildman–Crippen MR) is 52.0 cm³/mol. The second kappa shape index (κ2) is 5.73. The first-order valence-electron chi connectivity index (χ1n) is 4.99. The first-order chi connectivity index (χ1) is 6.34. The molecule has 1 rings (SSSR count). The number of rotatable bonds is 2. The molecule has 0 aromatic carbocycles. The van der Waals surface area contributed by atoms with E-state index < -0.39 is 0 Å². The van der Waals surface area contributed by atoms with E-state index >= 15 is 0 Å². The van der Waals surface area contributed by atoms with Crippen molar-refractivity contribution in [2.75, 3.05) is 13.2 Å². The normalized spacial score (nSPS) is 23.3. The van der Waals surface area contributed by atoms with Crippen molar-refractivity contribution >= 4 is 12.2 Å². The van der Waals surface area contributed by atoms with E-state index in [0.717, 1.165) is 32.2 Å². The zero-order chi connectivity index (χ0) is 9.52. The standard InChI is InChI=1S/C10H17NO2/c1-2-13-10(12)9-5-3-4-7-11-8-6-9/h7,9H,2-6,8H2,1H3. The van der Waals surface area contributed by atoms with E-state index in [2.05, 4.69) is 4.99 Å². The summed E-state index contributed by atoms with van der Waals surface area (Å²) in [5.74, 6) is 0.0389. The molecule has 0 aromatic rings. The molecule has 1 atom stereocenters. The lowest BCUT2D eigenvalue weighted by Crippen LogP contribution is -2.19. The minimum atomic E-state index is -0.0420. The average molecular weight is 183 g/mol. The topological polar surface area (TPSA) is 38.7 Å². The molecule has 0 spiro atoms. The Kier molecular flexibility index (Phi) is 4.50. The van der Waals surface area contributed by atoms with Crippen molar-refractivity contribution in [1.29, 1.82) is 0 Å². The van der Waals surface area contributed by atoms with Gasteiger partial charge in [0.25, 0.3) is 0 Å². The van der Waals surface area contributed by atoms with Crippen LogP contribution in [0.5, 0.6) is 0 Å². The van der Waals surface area contributed by atoms with Gasteiger partial charge in [0.05, 0.1) is 12.5 Å². The van der Waals surface area contributed by atoms with Gasteiger partial charge in [-0.05, 0) is 38.8 Å². The molecule has 1 heterocycles. The number of hydrogen-bond acceptors (Lipinski definition) is 3. The van der Waals surface area contributed by atoms with Crippen LogP contribution in [0.25, 0.3) is 0 Å². The van der Waals surface area contributed by atoms with Crippen molar-refractivity contribution in [2.24, 2.45) is 10.9 Å². The van der Waals surface area contributed by atoms with E-state index in [1.807, 2.05) is 13.1 Å². The van der Waals surface area contributed by atoms with Gasteiger partial charge in [0, 0.05) is 6.54 Å². The Morgan fingerprint density at radius 3 is 3.23 bits per heavy atom. The smallest absolute Gasteiger partial charge is 0.308 e. The highest BCUT2D eigenvalue weighted by molar-refractivity contribution is 5.72. The monoisotopic (exact) mass is 183 g/mol. The fraction of sp³-hybridized carbons (Fsp3) is 0.800. The molecule has 0 aromatic heterocycles. The maximum Gasteiger partial charge on any atom is 0.308 e. The van der Waals surface area contributed by atoms with Crippen LogP contribution in [0.1, 0.15) is 32.6 Å². The number of nitrogens with zero attached hydrogens (tertiary/aromatic N) is 1. The van der Waals surface area contributed by atoms with Crippen molar-refractivity contribution < 1.29 is 9.53 Å². The van der Waals surface area contributed by atoms with Crippen LogP contribution >= 0.6 is 0 Å². The fourth-order valence-electron chi connectivity index (χ4n) is 1.51. The molecule has 0 bridgehead atoms. The minimum Gasteiger partial charge on any atom is -0.466 e. The number of carbonyl (C=O) groups excluding carboxylic acids is 1. The minimum absolute atomic E-state index is 0.0420. The molecule has 3 nitrogen and oxygen atoms in total. The molecule has 3 heteroatoms. The summed E-state index contributed by atoms with van der Waals surface area (Å²) in [6.07, 6.45) is 5.80. The van der Waals surface area contributed by atoms with E-state index in [1.165, 1.54) is 0 Å². The van der Waals surface area contributed by atoms with E-state index in [0.29, 0.717) is 6.61 Å². The summed E-state index contributed by atoms with van der Waals surface area (Å²) < 4.78 is 4.99. The van der Waals surface area contributed by atoms with Gasteiger partial charge < -0.3 is 4.74 Å². The zero-order valence-electron chi connectivity index (χ0n) is 8.16. The summed E-state index contributed by atoms with van der Waals surface area (Å²) in [6, 6.07) is 0. The van der Waals surface area contributed by atoms with Gasteiger partial charge in [-0.25, -0.2) is 0 Å². The zero-order valence-corrected chi connectivity index (χ0v) is 8.16. The molecule has 1 aliphatic rings. The molecule has 0 saturated carbocycles. The number of aliphatic imine (C=N–C) groups is 1. The summed E-state index contributed by atoms with van der Waals surface area (Å²) in [4.78, 5) is 15.6. The van der Waals surface area contributed by atoms with Crippen LogP contribution in [0.3, 0.4) is 0 Å². The molecule has 0 radical (unpaired) electrons. The Morgan fingerprint density at radius 2 is 2.46 bits per heavy atom. The molecule has 0 fully saturated rings. The fourth-order valence-corrected chi connectivity index (χ4v) is 1.51. The third-order valence-electron chi connectivity index (χ3n) is 2.24. The average Bonchev–Trinajstić information content (AvgIpc) is 2.03. The third kappa shape index (κ3) is 3.57. The number of ether oxygens (including phenoxy) is 1. The lowest BCUT2D eigenvalue weighted by Gasteiger charge is -2.15. The van der Waals surface area contributed by atoms with Crippen LogP contribution in [0.4, 0.5) is 0 Å². The first-order valence-corrected chi connectivity index (χ1v) is 4.99. The van der Waals surface area contributed by atoms with Gasteiger partial charge in [0.2, 0.25) is 0 Å². The van der Waals surface area contributed by atoms with Crippen molar-refractivity contribution in [3.05, 3.63) is 0 Å². The molecular formula is C10H17NO2. The number of carbonyl (C=O) groups is 1. The van der Waals surface area contributed by atoms with E-state index in [9.17, 15) is 4.79 Å². The van der Waals surface area contributed by atoms with Crippen LogP contribution in [0.15, 0.2) is 4.99 Å². The van der Waals surface area contributed by atoms with Crippen LogP contribution in [-0.2, 0) is 9.53 Å². The molecule has 1 aliphatic heterocycles. The molecular weight excluding hydrogens is 166 g/mol. The summed E-state index contributed by atoms with van der Waals surface area (Å²) in [5, 5.41) is 0. The van der Waals surface area contributed by atoms with Crippen LogP contribution < -0.4 is 0 Å². The third-order valence-corrected chi connectivity index (χ3v) is 2.24. The molecule has 0 saturated heterocycles. The van der Waals surface area contributed by atoms with Crippen LogP contribution in [0, 0.1) is 5.92 Å². The van der Waals surface area contributed by atoms with Crippen LogP contribution in [-0.4, -0.2) is 25.3 Å². The maximum atomic E-state index is 11.4. The summed E-state index contributed by atoms with van der Waals surface area (Å²) >= 11 is 0. The van der Waals surface area contributed by atoms with Crippen molar-refractivity contribution in [3.63, 3.8) is 0 Å². The van der Waals surface area contributed by atoms with Crippen molar-refractivity contribution in [1.82, 2.24) is 0 Å². The molecule has 74 valence electrons. The SMILES string of the molecule is CCOC(=O)C1CCCC=NCC1. The number of esters is 1. The van der Waals surface area contributed by atoms with Gasteiger partial charge in [-0.3, -0.25) is 9.79 Å². The largest absolute Gasteiger partial charge is 0.466 e. The van der Waals surface area contributed by atoms with Gasteiger partial charge in [0.1, 0.15) is 0 Å². The molecule has 0 aliphatic carbocycles. The lowest BCUT2D eigenvalue weighted by atomic mass is 9.98. The highest BCUT2D eigenvalue weighted by atomic mass is 16.5. The Balaban J connectivity index is 2.38. The number of hydrogen-bond donors (Lipinski definition) is 0. The van der Waals surface area contributed by atoms with E-state index in [1.54, 1.807) is 0 Å². The molecule has 0 amide bonds. The Morgan fingerprint density at radius 1 is 1.62 bits per heavy atom. The highest BCUT2D eigenvalue weighted by Crippen LogP contribution is 2.16. The van der Waals surface area contributed by atoms with Gasteiger partial charge in [-0.2, -0.15) is 0 Å². The molecule has 1 unspecified atom stereocenters. The molecule has 0 N–H and O–H groups in total. The Bertz CT molecular complexity index is 189. The van der Waals surface area contributed by atoms with Gasteiger partial charge in [-0.15, -0.1) is 0 Å². The quantitative estimate of drug-likeness (QED) is 0.612. The summed E-state index contributed by atoms with van der Waals surface area (Å²) in [5.41, 5.74) is 0. The second-order valence-corrected chi connectivity index (χ2v) is 3.26. The van der Waals surface area contributed by atoms with Gasteiger partial charge in [0.15, 0.2) is 0 Å². The maximum absolute atomic E-state index is 11.4. The van der Waals surface area contributed by atoms with Gasteiger partial charge in [-0.1, -0.05) is 0 Å². The summed E-state index contributed by atoms with van der Waals surface area (Å²) in [6.45, 7) is 3.10.